The summed E-state index contributed by atoms with van der Waals surface area (Å²) in [4.78, 5) is 40.5. The summed E-state index contributed by atoms with van der Waals surface area (Å²) < 4.78 is 22.6. The smallest absolute Gasteiger partial charge is 0.410 e. The van der Waals surface area contributed by atoms with Crippen molar-refractivity contribution in [2.24, 2.45) is 5.92 Å². The third-order valence-corrected chi connectivity index (χ3v) is 8.06. The number of alkyl carbamates (subject to hydrolysis) is 1. The number of carbonyl (C=O) groups excluding carboxylic acids is 3. The minimum absolute atomic E-state index is 0.104. The van der Waals surface area contributed by atoms with E-state index < -0.39 is 17.7 Å². The van der Waals surface area contributed by atoms with Crippen molar-refractivity contribution in [2.75, 3.05) is 26.8 Å². The predicted octanol–water partition coefficient (Wildman–Crippen LogP) is 6.66. The van der Waals surface area contributed by atoms with Crippen molar-refractivity contribution in [3.05, 3.63) is 95.6 Å². The van der Waals surface area contributed by atoms with Crippen LogP contribution in [0.5, 0.6) is 11.5 Å². The number of piperidine rings is 1. The largest absolute Gasteiger partial charge is 0.496 e. The van der Waals surface area contributed by atoms with Crippen LogP contribution >= 0.6 is 0 Å². The van der Waals surface area contributed by atoms with Crippen LogP contribution in [0.1, 0.15) is 63.1 Å². The second-order valence-electron chi connectivity index (χ2n) is 13.0. The average molecular weight is 660 g/mol. The van der Waals surface area contributed by atoms with Gasteiger partial charge in [0.25, 0.3) is 0 Å². The van der Waals surface area contributed by atoms with Crippen molar-refractivity contribution in [3.8, 4) is 11.5 Å². The third-order valence-electron chi connectivity index (χ3n) is 8.06. The molecule has 2 atom stereocenters. The number of hydrogen-bond donors (Lipinski definition) is 2. The molecule has 10 nitrogen and oxygen atoms in total. The van der Waals surface area contributed by atoms with E-state index in [1.807, 2.05) is 99.6 Å². The summed E-state index contributed by atoms with van der Waals surface area (Å²) in [5.41, 5.74) is 2.14. The number of hydrogen-bond acceptors (Lipinski definition) is 7. The Morgan fingerprint density at radius 3 is 2.35 bits per heavy atom. The first-order valence-electron chi connectivity index (χ1n) is 16.7. The van der Waals surface area contributed by atoms with Gasteiger partial charge in [0.1, 0.15) is 29.7 Å². The van der Waals surface area contributed by atoms with E-state index in [0.29, 0.717) is 50.0 Å². The van der Waals surface area contributed by atoms with Crippen LogP contribution in [0.25, 0.3) is 0 Å². The van der Waals surface area contributed by atoms with Crippen LogP contribution in [0.3, 0.4) is 0 Å². The van der Waals surface area contributed by atoms with Gasteiger partial charge in [-0.2, -0.15) is 0 Å². The Kier molecular flexibility index (Phi) is 13.5. The maximum absolute atomic E-state index is 13.4. The molecule has 0 saturated carbocycles. The van der Waals surface area contributed by atoms with Gasteiger partial charge in [0.05, 0.1) is 13.7 Å². The second-order valence-corrected chi connectivity index (χ2v) is 13.0. The molecule has 3 amide bonds. The highest BCUT2D eigenvalue weighted by molar-refractivity contribution is 5.85. The Morgan fingerprint density at radius 2 is 1.67 bits per heavy atom. The molecule has 3 aromatic rings. The van der Waals surface area contributed by atoms with Crippen molar-refractivity contribution < 1.29 is 33.3 Å². The molecule has 2 N–H and O–H groups in total. The molecule has 0 radical (unpaired) electrons. The van der Waals surface area contributed by atoms with Gasteiger partial charge in [0, 0.05) is 25.2 Å². The molecule has 258 valence electrons. The van der Waals surface area contributed by atoms with Gasteiger partial charge in [-0.25, -0.2) is 9.59 Å². The number of methoxy groups -OCH3 is 1. The van der Waals surface area contributed by atoms with Crippen LogP contribution in [0.15, 0.2) is 78.9 Å². The second kappa shape index (κ2) is 18.0. The van der Waals surface area contributed by atoms with Gasteiger partial charge in [0.15, 0.2) is 0 Å². The third kappa shape index (κ3) is 12.1. The number of nitrogens with one attached hydrogen (secondary N) is 2. The fourth-order valence-electron chi connectivity index (χ4n) is 5.56. The zero-order chi connectivity index (χ0) is 34.4. The minimum Gasteiger partial charge on any atom is -0.496 e. The fourth-order valence-corrected chi connectivity index (χ4v) is 5.56. The number of rotatable bonds is 14. The van der Waals surface area contributed by atoms with E-state index in [2.05, 4.69) is 10.6 Å². The molecule has 3 aromatic carbocycles. The molecule has 1 fully saturated rings. The Morgan fingerprint density at radius 1 is 0.958 bits per heavy atom. The first-order chi connectivity index (χ1) is 23.1. The summed E-state index contributed by atoms with van der Waals surface area (Å²) in [6, 6.07) is 23.9. The van der Waals surface area contributed by atoms with E-state index in [1.54, 1.807) is 12.0 Å². The lowest BCUT2D eigenvalue weighted by Crippen LogP contribution is -2.47. The topological polar surface area (TPSA) is 115 Å². The number of nitrogens with zero attached hydrogens (tertiary/aromatic N) is 1. The van der Waals surface area contributed by atoms with Crippen LogP contribution in [0.4, 0.5) is 9.59 Å². The number of ether oxygens (including phenoxy) is 4. The molecule has 48 heavy (non-hydrogen) atoms. The van der Waals surface area contributed by atoms with Gasteiger partial charge in [0.2, 0.25) is 5.91 Å². The molecule has 0 bridgehead atoms. The standard InChI is InChI=1S/C38H49N3O7/c1-38(2,3)48-37(44)41-22-11-16-29(26-41)21-23-46-32-18-20-34(45-4)31(24-32)25-39-35(42)33(19-17-28-12-7-5-8-13-28)40-36(43)47-27-30-14-9-6-10-15-30/h5-10,12-15,18,20,24,29,33H,11,16-17,19,21-23,25-27H2,1-4H3,(H,39,42)(H,40,43). The number of likely N-dealkylation sites (tertiary alicyclic amines) is 1. The summed E-state index contributed by atoms with van der Waals surface area (Å²) in [7, 11) is 1.58. The van der Waals surface area contributed by atoms with Crippen molar-refractivity contribution in [2.45, 2.75) is 77.7 Å². The summed E-state index contributed by atoms with van der Waals surface area (Å²) in [6.07, 6.45) is 2.82. The van der Waals surface area contributed by atoms with E-state index in [9.17, 15) is 14.4 Å². The summed E-state index contributed by atoms with van der Waals surface area (Å²) in [5, 5.41) is 5.71. The van der Waals surface area contributed by atoms with E-state index in [-0.39, 0.29) is 25.2 Å². The summed E-state index contributed by atoms with van der Waals surface area (Å²) in [6.45, 7) is 7.75. The molecule has 1 aliphatic rings. The minimum atomic E-state index is -0.811. The van der Waals surface area contributed by atoms with Gasteiger partial charge in [-0.05, 0) is 88.1 Å². The Balaban J connectivity index is 1.32. The van der Waals surface area contributed by atoms with Gasteiger partial charge in [-0.1, -0.05) is 60.7 Å². The van der Waals surface area contributed by atoms with E-state index >= 15 is 0 Å². The van der Waals surface area contributed by atoms with E-state index in [1.165, 1.54) is 0 Å². The number of amides is 3. The summed E-state index contributed by atoms with van der Waals surface area (Å²) in [5.74, 6) is 1.26. The lowest BCUT2D eigenvalue weighted by molar-refractivity contribution is -0.123. The summed E-state index contributed by atoms with van der Waals surface area (Å²) >= 11 is 0. The lowest BCUT2D eigenvalue weighted by Gasteiger charge is -2.34. The van der Waals surface area contributed by atoms with Crippen LogP contribution in [0.2, 0.25) is 0 Å². The highest BCUT2D eigenvalue weighted by atomic mass is 16.6. The molecule has 1 aliphatic heterocycles. The highest BCUT2D eigenvalue weighted by Gasteiger charge is 2.28. The van der Waals surface area contributed by atoms with Gasteiger partial charge < -0.3 is 34.5 Å². The van der Waals surface area contributed by atoms with Crippen molar-refractivity contribution in [1.29, 1.82) is 0 Å². The van der Waals surface area contributed by atoms with Crippen molar-refractivity contribution in [3.63, 3.8) is 0 Å². The molecule has 2 unspecified atom stereocenters. The Labute approximate surface area is 284 Å². The highest BCUT2D eigenvalue weighted by Crippen LogP contribution is 2.26. The van der Waals surface area contributed by atoms with Crippen LogP contribution in [-0.4, -0.2) is 61.4 Å². The molecule has 0 aliphatic carbocycles. The first-order valence-corrected chi connectivity index (χ1v) is 16.7. The van der Waals surface area contributed by atoms with E-state index in [4.69, 9.17) is 18.9 Å². The van der Waals surface area contributed by atoms with Crippen LogP contribution < -0.4 is 20.1 Å². The fraction of sp³-hybridized carbons (Fsp3) is 0.447. The number of benzene rings is 3. The van der Waals surface area contributed by atoms with Crippen molar-refractivity contribution >= 4 is 18.1 Å². The monoisotopic (exact) mass is 659 g/mol. The zero-order valence-corrected chi connectivity index (χ0v) is 28.5. The SMILES string of the molecule is COc1ccc(OCCC2CCCN(C(=O)OC(C)(C)C)C2)cc1CNC(=O)C(CCc1ccccc1)NC(=O)OCc1ccccc1. The first kappa shape index (κ1) is 36.1. The normalized spacial score (nSPS) is 15.2. The maximum Gasteiger partial charge on any atom is 0.410 e. The molecule has 0 aromatic heterocycles. The van der Waals surface area contributed by atoms with Gasteiger partial charge in [-0.15, -0.1) is 0 Å². The average Bonchev–Trinajstić information content (AvgIpc) is 3.08. The number of carbonyl (C=O) groups is 3. The zero-order valence-electron chi connectivity index (χ0n) is 28.5. The predicted molar refractivity (Wildman–Crippen MR) is 184 cm³/mol. The molecular formula is C38H49N3O7. The van der Waals surface area contributed by atoms with Crippen LogP contribution in [-0.2, 0) is 33.8 Å². The molecular weight excluding hydrogens is 610 g/mol. The molecule has 4 rings (SSSR count). The van der Waals surface area contributed by atoms with Gasteiger partial charge in [-0.3, -0.25) is 4.79 Å². The van der Waals surface area contributed by atoms with Gasteiger partial charge >= 0.3 is 12.2 Å². The van der Waals surface area contributed by atoms with Crippen molar-refractivity contribution in [1.82, 2.24) is 15.5 Å². The maximum atomic E-state index is 13.4. The Bertz CT molecular complexity index is 1460. The van der Waals surface area contributed by atoms with Crippen LogP contribution in [0, 0.1) is 5.92 Å². The molecule has 0 spiro atoms. The van der Waals surface area contributed by atoms with E-state index in [0.717, 1.165) is 36.0 Å². The lowest BCUT2D eigenvalue weighted by atomic mass is 9.95. The molecule has 10 heteroatoms. The Hall–Kier alpha value is -4.73. The molecule has 1 saturated heterocycles. The quantitative estimate of drug-likeness (QED) is 0.199. The number of aryl methyl sites for hydroxylation is 1. The molecule has 1 heterocycles.